The van der Waals surface area contributed by atoms with Gasteiger partial charge in [0.1, 0.15) is 6.54 Å². The zero-order chi connectivity index (χ0) is 14.8. The molecule has 2 atom stereocenters. The molecule has 1 aromatic carbocycles. The second kappa shape index (κ2) is 6.06. The van der Waals surface area contributed by atoms with E-state index in [0.29, 0.717) is 25.1 Å². The number of hydrogen-bond donors (Lipinski definition) is 1. The van der Waals surface area contributed by atoms with Gasteiger partial charge in [-0.2, -0.15) is 0 Å². The third-order valence-corrected chi connectivity index (χ3v) is 4.58. The molecule has 0 aromatic heterocycles. The number of ether oxygens (including phenoxy) is 1. The van der Waals surface area contributed by atoms with Gasteiger partial charge in [0.05, 0.1) is 6.61 Å². The molecule has 114 valence electrons. The fourth-order valence-corrected chi connectivity index (χ4v) is 3.68. The number of esters is 1. The number of aryl methyl sites for hydroxylation is 1. The lowest BCUT2D eigenvalue weighted by atomic mass is 9.92. The minimum atomic E-state index is -0.123. The Kier molecular flexibility index (Phi) is 4.15. The van der Waals surface area contributed by atoms with Crippen LogP contribution < -0.4 is 10.2 Å². The smallest absolute Gasteiger partial charge is 0.325 e. The lowest BCUT2D eigenvalue weighted by molar-refractivity contribution is -0.141. The number of carbonyl (C=O) groups excluding carboxylic acids is 1. The van der Waals surface area contributed by atoms with Crippen LogP contribution in [0.3, 0.4) is 0 Å². The summed E-state index contributed by atoms with van der Waals surface area (Å²) in [6.07, 6.45) is 2.29. The summed E-state index contributed by atoms with van der Waals surface area (Å²) < 4.78 is 5.16. The van der Waals surface area contributed by atoms with E-state index in [0.717, 1.165) is 25.9 Å². The molecule has 3 rings (SSSR count). The fourth-order valence-electron chi connectivity index (χ4n) is 3.68. The molecule has 2 aliphatic heterocycles. The van der Waals surface area contributed by atoms with Crippen molar-refractivity contribution >= 4 is 11.7 Å². The molecule has 2 aliphatic rings. The SMILES string of the molecule is CCOC(=O)CN1c2ccc(C)cc2[C@H]2CNCCC[C@H]21. The van der Waals surface area contributed by atoms with Gasteiger partial charge in [-0.15, -0.1) is 0 Å². The maximum atomic E-state index is 12.0. The van der Waals surface area contributed by atoms with Crippen LogP contribution in [0.4, 0.5) is 5.69 Å². The maximum absolute atomic E-state index is 12.0. The number of nitrogens with zero attached hydrogens (tertiary/aromatic N) is 1. The Morgan fingerprint density at radius 1 is 1.48 bits per heavy atom. The van der Waals surface area contributed by atoms with Crippen LogP contribution in [0.5, 0.6) is 0 Å². The van der Waals surface area contributed by atoms with Crippen molar-refractivity contribution in [3.8, 4) is 0 Å². The van der Waals surface area contributed by atoms with Crippen molar-refractivity contribution in [2.75, 3.05) is 31.1 Å². The third kappa shape index (κ3) is 2.77. The average molecular weight is 288 g/mol. The van der Waals surface area contributed by atoms with Crippen LogP contribution in [0.15, 0.2) is 18.2 Å². The van der Waals surface area contributed by atoms with E-state index in [1.165, 1.54) is 16.8 Å². The van der Waals surface area contributed by atoms with Gasteiger partial charge in [-0.05, 0) is 44.9 Å². The first-order valence-corrected chi connectivity index (χ1v) is 7.94. The Balaban J connectivity index is 1.92. The summed E-state index contributed by atoms with van der Waals surface area (Å²) in [4.78, 5) is 14.2. The van der Waals surface area contributed by atoms with Crippen LogP contribution in [0.25, 0.3) is 0 Å². The highest BCUT2D eigenvalue weighted by Crippen LogP contribution is 2.43. The van der Waals surface area contributed by atoms with E-state index in [9.17, 15) is 4.79 Å². The van der Waals surface area contributed by atoms with Crippen LogP contribution in [0.2, 0.25) is 0 Å². The monoisotopic (exact) mass is 288 g/mol. The topological polar surface area (TPSA) is 41.6 Å². The van der Waals surface area contributed by atoms with E-state index in [1.807, 2.05) is 6.92 Å². The van der Waals surface area contributed by atoms with E-state index in [1.54, 1.807) is 0 Å². The zero-order valence-electron chi connectivity index (χ0n) is 12.9. The highest BCUT2D eigenvalue weighted by Gasteiger charge is 2.39. The molecule has 1 N–H and O–H groups in total. The second-order valence-electron chi connectivity index (χ2n) is 6.02. The summed E-state index contributed by atoms with van der Waals surface area (Å²) >= 11 is 0. The van der Waals surface area contributed by atoms with Crippen LogP contribution in [-0.4, -0.2) is 38.3 Å². The number of anilines is 1. The van der Waals surface area contributed by atoms with Crippen LogP contribution >= 0.6 is 0 Å². The van der Waals surface area contributed by atoms with Gasteiger partial charge >= 0.3 is 5.97 Å². The Bertz CT molecular complexity index is 530. The van der Waals surface area contributed by atoms with Crippen molar-refractivity contribution in [1.29, 1.82) is 0 Å². The molecule has 4 heteroatoms. The second-order valence-corrected chi connectivity index (χ2v) is 6.02. The molecular weight excluding hydrogens is 264 g/mol. The number of benzene rings is 1. The lowest BCUT2D eigenvalue weighted by Gasteiger charge is -2.28. The summed E-state index contributed by atoms with van der Waals surface area (Å²) in [7, 11) is 0. The molecule has 0 aliphatic carbocycles. The van der Waals surface area contributed by atoms with Crippen molar-refractivity contribution in [2.24, 2.45) is 0 Å². The number of hydrogen-bond acceptors (Lipinski definition) is 4. The summed E-state index contributed by atoms with van der Waals surface area (Å²) in [5.74, 6) is 0.360. The quantitative estimate of drug-likeness (QED) is 0.866. The Hall–Kier alpha value is -1.55. The van der Waals surface area contributed by atoms with Crippen LogP contribution in [0, 0.1) is 6.92 Å². The van der Waals surface area contributed by atoms with E-state index in [-0.39, 0.29) is 5.97 Å². The molecule has 0 bridgehead atoms. The fraction of sp³-hybridized carbons (Fsp3) is 0.588. The first kappa shape index (κ1) is 14.4. The highest BCUT2D eigenvalue weighted by molar-refractivity contribution is 5.78. The standard InChI is InChI=1S/C17H24N2O2/c1-3-21-17(20)11-19-15-5-4-8-18-10-14(15)13-9-12(2)6-7-16(13)19/h6-7,9,14-15,18H,3-5,8,10-11H2,1-2H3/t14-,15-/m1/s1. The first-order chi connectivity index (χ1) is 10.2. The van der Waals surface area contributed by atoms with E-state index in [4.69, 9.17) is 4.74 Å². The average Bonchev–Trinajstić information content (AvgIpc) is 2.64. The summed E-state index contributed by atoms with van der Waals surface area (Å²) in [5.41, 5.74) is 3.89. The molecule has 4 nitrogen and oxygen atoms in total. The zero-order valence-corrected chi connectivity index (χ0v) is 12.9. The Morgan fingerprint density at radius 3 is 3.14 bits per heavy atom. The predicted molar refractivity (Wildman–Crippen MR) is 83.8 cm³/mol. The Morgan fingerprint density at radius 2 is 2.33 bits per heavy atom. The first-order valence-electron chi connectivity index (χ1n) is 7.94. The van der Waals surface area contributed by atoms with Crippen LogP contribution in [-0.2, 0) is 9.53 Å². The molecule has 0 spiro atoms. The van der Waals surface area contributed by atoms with Crippen molar-refractivity contribution in [2.45, 2.75) is 38.6 Å². The van der Waals surface area contributed by atoms with Gasteiger partial charge in [0, 0.05) is 24.2 Å². The molecule has 0 amide bonds. The Labute approximate surface area is 126 Å². The van der Waals surface area contributed by atoms with Gasteiger partial charge < -0.3 is 15.0 Å². The maximum Gasteiger partial charge on any atom is 0.325 e. The predicted octanol–water partition coefficient (Wildman–Crippen LogP) is 2.21. The molecule has 21 heavy (non-hydrogen) atoms. The summed E-state index contributed by atoms with van der Waals surface area (Å²) in [6.45, 7) is 6.88. The normalized spacial score (nSPS) is 24.2. The van der Waals surface area contributed by atoms with Crippen molar-refractivity contribution < 1.29 is 9.53 Å². The molecule has 2 heterocycles. The van der Waals surface area contributed by atoms with E-state index >= 15 is 0 Å². The molecule has 1 fully saturated rings. The molecule has 0 unspecified atom stereocenters. The lowest BCUT2D eigenvalue weighted by Crippen LogP contribution is -2.39. The van der Waals surface area contributed by atoms with Gasteiger partial charge in [0.2, 0.25) is 0 Å². The summed E-state index contributed by atoms with van der Waals surface area (Å²) in [5, 5.41) is 3.54. The number of nitrogens with one attached hydrogen (secondary N) is 1. The third-order valence-electron chi connectivity index (χ3n) is 4.58. The largest absolute Gasteiger partial charge is 0.465 e. The summed E-state index contributed by atoms with van der Waals surface area (Å²) in [6, 6.07) is 7.00. The van der Waals surface area contributed by atoms with Gasteiger partial charge in [0.15, 0.2) is 0 Å². The molecule has 0 saturated carbocycles. The van der Waals surface area contributed by atoms with Gasteiger partial charge in [-0.3, -0.25) is 4.79 Å². The van der Waals surface area contributed by atoms with Gasteiger partial charge in [-0.25, -0.2) is 0 Å². The van der Waals surface area contributed by atoms with Crippen molar-refractivity contribution in [3.05, 3.63) is 29.3 Å². The molecule has 1 aromatic rings. The highest BCUT2D eigenvalue weighted by atomic mass is 16.5. The van der Waals surface area contributed by atoms with Gasteiger partial charge in [0.25, 0.3) is 0 Å². The van der Waals surface area contributed by atoms with Gasteiger partial charge in [-0.1, -0.05) is 17.7 Å². The minimum Gasteiger partial charge on any atom is -0.465 e. The number of rotatable bonds is 3. The molecule has 0 radical (unpaired) electrons. The number of carbonyl (C=O) groups is 1. The van der Waals surface area contributed by atoms with Crippen molar-refractivity contribution in [1.82, 2.24) is 5.32 Å². The number of fused-ring (bicyclic) bond motifs is 3. The van der Waals surface area contributed by atoms with Crippen LogP contribution in [0.1, 0.15) is 36.8 Å². The van der Waals surface area contributed by atoms with E-state index < -0.39 is 0 Å². The molecular formula is C17H24N2O2. The van der Waals surface area contributed by atoms with Crippen molar-refractivity contribution in [3.63, 3.8) is 0 Å². The molecule has 1 saturated heterocycles. The van der Waals surface area contributed by atoms with E-state index in [2.05, 4.69) is 35.3 Å². The minimum absolute atomic E-state index is 0.123.